The highest BCUT2D eigenvalue weighted by Gasteiger charge is 2.29. The Hall–Kier alpha value is -2.34. The van der Waals surface area contributed by atoms with Crippen molar-refractivity contribution in [1.29, 1.82) is 0 Å². The Balaban J connectivity index is 1.35. The van der Waals surface area contributed by atoms with Gasteiger partial charge in [0.05, 0.1) is 11.4 Å². The van der Waals surface area contributed by atoms with Gasteiger partial charge in [0.25, 0.3) is 5.91 Å². The molecule has 5 nitrogen and oxygen atoms in total. The molecule has 2 aliphatic heterocycles. The topological polar surface area (TPSA) is 57.7 Å². The molecule has 6 heteroatoms. The minimum absolute atomic E-state index is 0.0361. The van der Waals surface area contributed by atoms with Crippen LogP contribution in [0.2, 0.25) is 0 Å². The number of sulfonamides is 1. The van der Waals surface area contributed by atoms with E-state index in [2.05, 4.69) is 24.3 Å². The fourth-order valence-corrected chi connectivity index (χ4v) is 5.73. The number of anilines is 1. The number of carbonyl (C=O) groups is 1. The molecule has 2 saturated heterocycles. The SMILES string of the molecule is O=C(c1ccc(N2CCCS2(=O)=O)cc1)N1CCC(Cc2ccccc2)CC1. The molecule has 0 unspecified atom stereocenters. The van der Waals surface area contributed by atoms with Crippen molar-refractivity contribution in [2.45, 2.75) is 25.7 Å². The van der Waals surface area contributed by atoms with Crippen molar-refractivity contribution in [3.05, 3.63) is 65.7 Å². The fraction of sp³-hybridized carbons (Fsp3) is 0.409. The number of nitrogens with zero attached hydrogens (tertiary/aromatic N) is 2. The number of piperidine rings is 1. The van der Waals surface area contributed by atoms with E-state index in [4.69, 9.17) is 0 Å². The molecule has 28 heavy (non-hydrogen) atoms. The lowest BCUT2D eigenvalue weighted by molar-refractivity contribution is 0.0690. The number of likely N-dealkylation sites (tertiary alicyclic amines) is 1. The zero-order valence-electron chi connectivity index (χ0n) is 16.0. The summed E-state index contributed by atoms with van der Waals surface area (Å²) in [7, 11) is -3.19. The summed E-state index contributed by atoms with van der Waals surface area (Å²) in [6.07, 6.45) is 3.76. The molecule has 0 saturated carbocycles. The van der Waals surface area contributed by atoms with E-state index in [0.29, 0.717) is 30.1 Å². The summed E-state index contributed by atoms with van der Waals surface area (Å²) in [5, 5.41) is 0. The summed E-state index contributed by atoms with van der Waals surface area (Å²) >= 11 is 0. The number of amides is 1. The van der Waals surface area contributed by atoms with Gasteiger partial charge in [-0.05, 0) is 61.4 Å². The lowest BCUT2D eigenvalue weighted by atomic mass is 9.90. The Morgan fingerprint density at radius 2 is 1.61 bits per heavy atom. The van der Waals surface area contributed by atoms with Gasteiger partial charge in [-0.15, -0.1) is 0 Å². The van der Waals surface area contributed by atoms with Crippen LogP contribution >= 0.6 is 0 Å². The number of carbonyl (C=O) groups excluding carboxylic acids is 1. The maximum Gasteiger partial charge on any atom is 0.253 e. The van der Waals surface area contributed by atoms with E-state index in [0.717, 1.165) is 32.4 Å². The van der Waals surface area contributed by atoms with Crippen molar-refractivity contribution in [3.63, 3.8) is 0 Å². The second-order valence-electron chi connectivity index (χ2n) is 7.71. The van der Waals surface area contributed by atoms with Crippen LogP contribution in [0.15, 0.2) is 54.6 Å². The van der Waals surface area contributed by atoms with Gasteiger partial charge in [-0.1, -0.05) is 30.3 Å². The van der Waals surface area contributed by atoms with Crippen LogP contribution < -0.4 is 4.31 Å². The molecule has 148 valence electrons. The quantitative estimate of drug-likeness (QED) is 0.794. The van der Waals surface area contributed by atoms with Crippen molar-refractivity contribution in [2.24, 2.45) is 5.92 Å². The van der Waals surface area contributed by atoms with Crippen LogP contribution in [0.1, 0.15) is 35.2 Å². The maximum absolute atomic E-state index is 12.8. The molecule has 0 atom stereocenters. The number of hydrogen-bond donors (Lipinski definition) is 0. The largest absolute Gasteiger partial charge is 0.339 e. The van der Waals surface area contributed by atoms with E-state index in [1.807, 2.05) is 11.0 Å². The van der Waals surface area contributed by atoms with Crippen molar-refractivity contribution in [3.8, 4) is 0 Å². The van der Waals surface area contributed by atoms with Gasteiger partial charge in [-0.25, -0.2) is 8.42 Å². The Morgan fingerprint density at radius 3 is 2.21 bits per heavy atom. The summed E-state index contributed by atoms with van der Waals surface area (Å²) < 4.78 is 25.5. The van der Waals surface area contributed by atoms with Gasteiger partial charge in [-0.2, -0.15) is 0 Å². The molecule has 0 bridgehead atoms. The monoisotopic (exact) mass is 398 g/mol. The van der Waals surface area contributed by atoms with Crippen LogP contribution in [-0.4, -0.2) is 44.6 Å². The van der Waals surface area contributed by atoms with E-state index < -0.39 is 10.0 Å². The molecule has 2 aromatic rings. The van der Waals surface area contributed by atoms with Gasteiger partial charge in [0, 0.05) is 25.2 Å². The van der Waals surface area contributed by atoms with Crippen molar-refractivity contribution in [1.82, 2.24) is 4.90 Å². The molecule has 2 aromatic carbocycles. The van der Waals surface area contributed by atoms with Gasteiger partial charge in [0.15, 0.2) is 0 Å². The molecule has 2 heterocycles. The Labute approximate surface area is 167 Å². The molecule has 4 rings (SSSR count). The minimum Gasteiger partial charge on any atom is -0.339 e. The number of benzene rings is 2. The highest BCUT2D eigenvalue weighted by molar-refractivity contribution is 7.93. The molecule has 0 radical (unpaired) electrons. The number of rotatable bonds is 4. The first-order valence-electron chi connectivity index (χ1n) is 9.96. The van der Waals surface area contributed by atoms with E-state index in [1.165, 1.54) is 9.87 Å². The van der Waals surface area contributed by atoms with Gasteiger partial charge in [-0.3, -0.25) is 9.10 Å². The molecule has 0 spiro atoms. The molecule has 0 aromatic heterocycles. The van der Waals surface area contributed by atoms with Crippen LogP contribution in [-0.2, 0) is 16.4 Å². The zero-order valence-corrected chi connectivity index (χ0v) is 16.8. The first-order chi connectivity index (χ1) is 13.5. The fourth-order valence-electron chi connectivity index (χ4n) is 4.17. The van der Waals surface area contributed by atoms with E-state index in [1.54, 1.807) is 24.3 Å². The van der Waals surface area contributed by atoms with E-state index in [-0.39, 0.29) is 11.7 Å². The average Bonchev–Trinajstić information content (AvgIpc) is 3.08. The summed E-state index contributed by atoms with van der Waals surface area (Å²) in [6, 6.07) is 17.5. The lowest BCUT2D eigenvalue weighted by Crippen LogP contribution is -2.38. The predicted molar refractivity (Wildman–Crippen MR) is 111 cm³/mol. The lowest BCUT2D eigenvalue weighted by Gasteiger charge is -2.32. The van der Waals surface area contributed by atoms with Gasteiger partial charge < -0.3 is 4.90 Å². The third kappa shape index (κ3) is 4.07. The van der Waals surface area contributed by atoms with E-state index in [9.17, 15) is 13.2 Å². The second-order valence-corrected chi connectivity index (χ2v) is 9.73. The zero-order chi connectivity index (χ0) is 19.6. The summed E-state index contributed by atoms with van der Waals surface area (Å²) in [5.74, 6) is 0.856. The number of hydrogen-bond acceptors (Lipinski definition) is 3. The first-order valence-corrected chi connectivity index (χ1v) is 11.6. The molecule has 0 aliphatic carbocycles. The highest BCUT2D eigenvalue weighted by Crippen LogP contribution is 2.26. The van der Waals surface area contributed by atoms with Crippen LogP contribution in [0.25, 0.3) is 0 Å². The van der Waals surface area contributed by atoms with Crippen molar-refractivity contribution in [2.75, 3.05) is 29.7 Å². The second kappa shape index (κ2) is 7.95. The molecule has 0 N–H and O–H groups in total. The summed E-state index contributed by atoms with van der Waals surface area (Å²) in [6.45, 7) is 2.07. The van der Waals surface area contributed by atoms with Crippen LogP contribution in [0, 0.1) is 5.92 Å². The third-order valence-electron chi connectivity index (χ3n) is 5.77. The molecule has 1 amide bonds. The Bertz CT molecular complexity index is 918. The smallest absolute Gasteiger partial charge is 0.253 e. The highest BCUT2D eigenvalue weighted by atomic mass is 32.2. The van der Waals surface area contributed by atoms with Crippen LogP contribution in [0.4, 0.5) is 5.69 Å². The summed E-state index contributed by atoms with van der Waals surface area (Å²) in [4.78, 5) is 14.7. The average molecular weight is 399 g/mol. The van der Waals surface area contributed by atoms with E-state index >= 15 is 0 Å². The normalized spacial score (nSPS) is 19.7. The first kappa shape index (κ1) is 19.0. The van der Waals surface area contributed by atoms with Gasteiger partial charge >= 0.3 is 0 Å². The van der Waals surface area contributed by atoms with Crippen LogP contribution in [0.3, 0.4) is 0 Å². The Morgan fingerprint density at radius 1 is 0.929 bits per heavy atom. The molecular formula is C22H26N2O3S. The molecule has 2 fully saturated rings. The standard InChI is InChI=1S/C22H26N2O3S/c25-22(20-7-9-21(10-8-20)24-13-4-16-28(24,26)27)23-14-11-19(12-15-23)17-18-5-2-1-3-6-18/h1-3,5-10,19H,4,11-17H2. The maximum atomic E-state index is 12.8. The minimum atomic E-state index is -3.19. The molecular weight excluding hydrogens is 372 g/mol. The van der Waals surface area contributed by atoms with Crippen molar-refractivity contribution >= 4 is 21.6 Å². The van der Waals surface area contributed by atoms with Crippen LogP contribution in [0.5, 0.6) is 0 Å². The third-order valence-corrected chi connectivity index (χ3v) is 7.64. The molecule has 2 aliphatic rings. The van der Waals surface area contributed by atoms with Gasteiger partial charge in [0.2, 0.25) is 10.0 Å². The van der Waals surface area contributed by atoms with Crippen molar-refractivity contribution < 1.29 is 13.2 Å². The predicted octanol–water partition coefficient (Wildman–Crippen LogP) is 3.32. The Kier molecular flexibility index (Phi) is 5.40. The summed E-state index contributed by atoms with van der Waals surface area (Å²) in [5.41, 5.74) is 2.64. The van der Waals surface area contributed by atoms with Gasteiger partial charge in [0.1, 0.15) is 0 Å².